The Hall–Kier alpha value is -0.0200. The molecule has 1 nitrogen and oxygen atoms in total. The van der Waals surface area contributed by atoms with E-state index in [1.807, 2.05) is 0 Å². The van der Waals surface area contributed by atoms with Crippen molar-refractivity contribution >= 4 is 37.5 Å². The summed E-state index contributed by atoms with van der Waals surface area (Å²) < 4.78 is 1.17. The molecule has 20 heavy (non-hydrogen) atoms. The molecule has 0 saturated heterocycles. The Morgan fingerprint density at radius 3 is 2.55 bits per heavy atom. The summed E-state index contributed by atoms with van der Waals surface area (Å²) >= 11 is 7.24. The third-order valence-corrected chi connectivity index (χ3v) is 5.31. The Kier molecular flexibility index (Phi) is 6.41. The molecule has 2 rings (SSSR count). The summed E-state index contributed by atoms with van der Waals surface area (Å²) in [5.41, 5.74) is 2.83. The van der Waals surface area contributed by atoms with Gasteiger partial charge in [-0.25, -0.2) is 0 Å². The lowest BCUT2D eigenvalue weighted by atomic mass is 10.1. The van der Waals surface area contributed by atoms with E-state index in [1.54, 1.807) is 0 Å². The minimum Gasteiger partial charge on any atom is -0.368 e. The molecule has 0 N–H and O–H groups in total. The first-order chi connectivity index (χ1) is 9.61. The van der Waals surface area contributed by atoms with Gasteiger partial charge in [0.2, 0.25) is 0 Å². The molecule has 0 atom stereocenters. The van der Waals surface area contributed by atoms with Gasteiger partial charge in [-0.2, -0.15) is 0 Å². The summed E-state index contributed by atoms with van der Waals surface area (Å²) in [5, 5.41) is 0.923. The molecule has 0 aliphatic heterocycles. The lowest BCUT2D eigenvalue weighted by molar-refractivity contribution is 0.528. The molecule has 1 aromatic rings. The predicted molar refractivity (Wildman–Crippen MR) is 95.8 cm³/mol. The zero-order valence-corrected chi connectivity index (χ0v) is 15.7. The topological polar surface area (TPSA) is 3.24 Å². The fourth-order valence-corrected chi connectivity index (χ4v) is 3.91. The third-order valence-electron chi connectivity index (χ3n) is 4.21. The smallest absolute Gasteiger partial charge is 0.0410 e. The monoisotopic (exact) mass is 401 g/mol. The van der Waals surface area contributed by atoms with Gasteiger partial charge in [0.1, 0.15) is 0 Å². The molecule has 0 radical (unpaired) electrons. The lowest BCUT2D eigenvalue weighted by Crippen LogP contribution is -2.35. The number of hydrogen-bond acceptors (Lipinski definition) is 1. The Balaban J connectivity index is 2.24. The van der Waals surface area contributed by atoms with E-state index in [-0.39, 0.29) is 0 Å². The van der Waals surface area contributed by atoms with Gasteiger partial charge >= 0.3 is 0 Å². The predicted octanol–water partition coefficient (Wildman–Crippen LogP) is 6.14. The van der Waals surface area contributed by atoms with Crippen LogP contribution in [0.1, 0.15) is 51.5 Å². The highest BCUT2D eigenvalue weighted by Gasteiger charge is 2.24. The van der Waals surface area contributed by atoms with Crippen LogP contribution in [0, 0.1) is 5.92 Å². The maximum absolute atomic E-state index is 3.65. The van der Waals surface area contributed by atoms with Crippen molar-refractivity contribution in [3.05, 3.63) is 28.2 Å². The van der Waals surface area contributed by atoms with E-state index in [1.165, 1.54) is 54.4 Å². The van der Waals surface area contributed by atoms with E-state index in [9.17, 15) is 0 Å². The highest BCUT2D eigenvalue weighted by Crippen LogP contribution is 2.33. The molecule has 112 valence electrons. The van der Waals surface area contributed by atoms with E-state index in [0.717, 1.165) is 17.3 Å². The van der Waals surface area contributed by atoms with Crippen LogP contribution in [0.3, 0.4) is 0 Å². The summed E-state index contributed by atoms with van der Waals surface area (Å²) in [6, 6.07) is 7.47. The summed E-state index contributed by atoms with van der Waals surface area (Å²) in [6.45, 7) is 5.82. The first-order valence-corrected chi connectivity index (χ1v) is 9.64. The molecule has 0 bridgehead atoms. The van der Waals surface area contributed by atoms with Crippen molar-refractivity contribution in [1.29, 1.82) is 0 Å². The van der Waals surface area contributed by atoms with Gasteiger partial charge in [0.15, 0.2) is 0 Å². The van der Waals surface area contributed by atoms with E-state index in [2.05, 4.69) is 68.8 Å². The van der Waals surface area contributed by atoms with Crippen molar-refractivity contribution in [2.45, 2.75) is 57.3 Å². The van der Waals surface area contributed by atoms with Gasteiger partial charge in [0.05, 0.1) is 0 Å². The minimum absolute atomic E-state index is 0.743. The molecule has 0 amide bonds. The molecule has 1 saturated carbocycles. The minimum atomic E-state index is 0.743. The Morgan fingerprint density at radius 1 is 1.25 bits per heavy atom. The van der Waals surface area contributed by atoms with Crippen LogP contribution in [0.2, 0.25) is 0 Å². The second kappa shape index (κ2) is 7.84. The highest BCUT2D eigenvalue weighted by atomic mass is 79.9. The molecular weight excluding hydrogens is 378 g/mol. The summed E-state index contributed by atoms with van der Waals surface area (Å²) in [7, 11) is 0. The van der Waals surface area contributed by atoms with Crippen molar-refractivity contribution in [3.63, 3.8) is 0 Å². The average Bonchev–Trinajstić information content (AvgIpc) is 2.94. The largest absolute Gasteiger partial charge is 0.368 e. The molecular formula is C17H25Br2N. The summed E-state index contributed by atoms with van der Waals surface area (Å²) in [6.07, 6.45) is 6.77. The van der Waals surface area contributed by atoms with Crippen LogP contribution in [-0.4, -0.2) is 12.6 Å². The third kappa shape index (κ3) is 4.24. The number of halogens is 2. The molecule has 1 fully saturated rings. The van der Waals surface area contributed by atoms with Crippen molar-refractivity contribution in [3.8, 4) is 0 Å². The van der Waals surface area contributed by atoms with Crippen molar-refractivity contribution in [2.75, 3.05) is 11.4 Å². The number of alkyl halides is 1. The number of nitrogens with zero attached hydrogens (tertiary/aromatic N) is 1. The van der Waals surface area contributed by atoms with Crippen molar-refractivity contribution < 1.29 is 0 Å². The van der Waals surface area contributed by atoms with E-state index >= 15 is 0 Å². The molecule has 1 aliphatic rings. The average molecular weight is 403 g/mol. The molecule has 1 aliphatic carbocycles. The van der Waals surface area contributed by atoms with E-state index < -0.39 is 0 Å². The molecule has 0 spiro atoms. The Bertz CT molecular complexity index is 425. The van der Waals surface area contributed by atoms with Crippen LogP contribution < -0.4 is 4.90 Å². The zero-order valence-electron chi connectivity index (χ0n) is 12.5. The maximum atomic E-state index is 3.65. The van der Waals surface area contributed by atoms with E-state index in [0.29, 0.717) is 0 Å². The quantitative estimate of drug-likeness (QED) is 0.516. The molecule has 0 heterocycles. The first kappa shape index (κ1) is 16.4. The second-order valence-corrected chi connectivity index (χ2v) is 7.70. The van der Waals surface area contributed by atoms with E-state index in [4.69, 9.17) is 0 Å². The fourth-order valence-electron chi connectivity index (χ4n) is 3.05. The van der Waals surface area contributed by atoms with Crippen LogP contribution in [0.25, 0.3) is 0 Å². The summed E-state index contributed by atoms with van der Waals surface area (Å²) in [4.78, 5) is 2.68. The molecule has 0 unspecified atom stereocenters. The standard InChI is InChI=1S/C17H25Br2N/c1-13(2)9-10-20(16-5-3-4-6-16)17-8-7-15(19)11-14(17)12-18/h7-8,11,13,16H,3-6,9-10,12H2,1-2H3. The Labute approximate surface area is 140 Å². The number of benzene rings is 1. The van der Waals surface area contributed by atoms with Crippen LogP contribution >= 0.6 is 31.9 Å². The van der Waals surface area contributed by atoms with Crippen molar-refractivity contribution in [1.82, 2.24) is 0 Å². The normalized spacial score (nSPS) is 16.1. The fraction of sp³-hybridized carbons (Fsp3) is 0.647. The van der Waals surface area contributed by atoms with Crippen LogP contribution in [0.4, 0.5) is 5.69 Å². The van der Waals surface area contributed by atoms with Gasteiger partial charge in [-0.1, -0.05) is 58.5 Å². The molecule has 3 heteroatoms. The molecule has 0 aromatic heterocycles. The Morgan fingerprint density at radius 2 is 1.95 bits per heavy atom. The first-order valence-electron chi connectivity index (χ1n) is 7.73. The zero-order chi connectivity index (χ0) is 14.5. The van der Waals surface area contributed by atoms with Gasteiger partial charge in [-0.15, -0.1) is 0 Å². The number of anilines is 1. The van der Waals surface area contributed by atoms with Crippen molar-refractivity contribution in [2.24, 2.45) is 5.92 Å². The highest BCUT2D eigenvalue weighted by molar-refractivity contribution is 9.10. The molecule has 1 aromatic carbocycles. The van der Waals surface area contributed by atoms with Gasteiger partial charge in [-0.05, 0) is 48.9 Å². The van der Waals surface area contributed by atoms with Crippen LogP contribution in [-0.2, 0) is 5.33 Å². The van der Waals surface area contributed by atoms with Gasteiger partial charge < -0.3 is 4.90 Å². The van der Waals surface area contributed by atoms with Gasteiger partial charge in [0.25, 0.3) is 0 Å². The second-order valence-electron chi connectivity index (χ2n) is 6.22. The summed E-state index contributed by atoms with van der Waals surface area (Å²) in [5.74, 6) is 0.766. The van der Waals surface area contributed by atoms with Crippen LogP contribution in [0.5, 0.6) is 0 Å². The maximum Gasteiger partial charge on any atom is 0.0410 e. The van der Waals surface area contributed by atoms with Crippen LogP contribution in [0.15, 0.2) is 22.7 Å². The van der Waals surface area contributed by atoms with Gasteiger partial charge in [-0.3, -0.25) is 0 Å². The van der Waals surface area contributed by atoms with Gasteiger partial charge in [0, 0.05) is 28.1 Å². The number of rotatable bonds is 6. The lowest BCUT2D eigenvalue weighted by Gasteiger charge is -2.33. The number of hydrogen-bond donors (Lipinski definition) is 0. The SMILES string of the molecule is CC(C)CCN(c1ccc(Br)cc1CBr)C1CCCC1.